The Balaban J connectivity index is -0.000000105. The van der Waals surface area contributed by atoms with Gasteiger partial charge in [0, 0.05) is 23.9 Å². The van der Waals surface area contributed by atoms with E-state index in [1.807, 2.05) is 13.8 Å². The Morgan fingerprint density at radius 3 is 0.913 bits per heavy atom. The van der Waals surface area contributed by atoms with E-state index in [0.29, 0.717) is 29.8 Å². The molecule has 0 saturated carbocycles. The SMILES string of the molecule is CC(C)CO.O=C(O)CCS.O=C(O)CCS.O=C(O)CCS. The number of thiol groups is 3. The predicted molar refractivity (Wildman–Crippen MR) is 100 cm³/mol. The molecule has 0 spiro atoms. The summed E-state index contributed by atoms with van der Waals surface area (Å²) in [5, 5.41) is 31.7. The van der Waals surface area contributed by atoms with Gasteiger partial charge in [-0.15, -0.1) is 0 Å². The Hall–Kier alpha value is -0.580. The summed E-state index contributed by atoms with van der Waals surface area (Å²) < 4.78 is 0. The molecule has 0 aliphatic carbocycles. The molecule has 0 unspecified atom stereocenters. The molecule has 0 aromatic carbocycles. The molecule has 0 amide bonds. The normalized spacial score (nSPS) is 8.48. The van der Waals surface area contributed by atoms with E-state index in [1.54, 1.807) is 0 Å². The van der Waals surface area contributed by atoms with Crippen LogP contribution in [-0.4, -0.2) is 62.2 Å². The third-order valence-electron chi connectivity index (χ3n) is 1.34. The van der Waals surface area contributed by atoms with Crippen LogP contribution in [0.25, 0.3) is 0 Å². The van der Waals surface area contributed by atoms with Gasteiger partial charge in [0.2, 0.25) is 0 Å². The quantitative estimate of drug-likeness (QED) is 0.329. The lowest BCUT2D eigenvalue weighted by Crippen LogP contribution is -1.93. The van der Waals surface area contributed by atoms with E-state index in [1.165, 1.54) is 0 Å². The molecule has 0 aromatic heterocycles. The maximum atomic E-state index is 9.55. The average Bonchev–Trinajstić information content (AvgIpc) is 2.40. The number of aliphatic hydroxyl groups excluding tert-OH is 1. The Morgan fingerprint density at radius 1 is 0.739 bits per heavy atom. The lowest BCUT2D eigenvalue weighted by molar-refractivity contribution is -0.137. The number of hydrogen-bond donors (Lipinski definition) is 7. The monoisotopic (exact) mass is 392 g/mol. The molecule has 0 aliphatic rings. The van der Waals surface area contributed by atoms with Crippen molar-refractivity contribution in [2.24, 2.45) is 5.92 Å². The number of carbonyl (C=O) groups is 3. The molecule has 4 N–H and O–H groups in total. The van der Waals surface area contributed by atoms with Crippen molar-refractivity contribution in [1.29, 1.82) is 0 Å². The van der Waals surface area contributed by atoms with E-state index < -0.39 is 17.9 Å². The first kappa shape index (κ1) is 30.3. The van der Waals surface area contributed by atoms with Crippen LogP contribution in [0.4, 0.5) is 0 Å². The van der Waals surface area contributed by atoms with Crippen LogP contribution >= 0.6 is 37.9 Å². The summed E-state index contributed by atoms with van der Waals surface area (Å²) in [5.41, 5.74) is 0. The summed E-state index contributed by atoms with van der Waals surface area (Å²) in [7, 11) is 0. The number of hydrogen-bond acceptors (Lipinski definition) is 7. The van der Waals surface area contributed by atoms with Crippen LogP contribution in [0.5, 0.6) is 0 Å². The Kier molecular flexibility index (Phi) is 34.7. The number of aliphatic carboxylic acids is 3. The molecule has 0 heterocycles. The van der Waals surface area contributed by atoms with Crippen molar-refractivity contribution < 1.29 is 34.8 Å². The summed E-state index contributed by atoms with van der Waals surface area (Å²) in [6, 6.07) is 0. The zero-order valence-corrected chi connectivity index (χ0v) is 16.1. The molecule has 0 rings (SSSR count). The van der Waals surface area contributed by atoms with Crippen molar-refractivity contribution in [1.82, 2.24) is 0 Å². The van der Waals surface area contributed by atoms with Crippen LogP contribution in [0.1, 0.15) is 33.1 Å². The van der Waals surface area contributed by atoms with Gasteiger partial charge in [0.15, 0.2) is 0 Å². The second-order valence-electron chi connectivity index (χ2n) is 4.18. The molecular weight excluding hydrogens is 364 g/mol. The van der Waals surface area contributed by atoms with Crippen molar-refractivity contribution in [3.63, 3.8) is 0 Å². The molecule has 0 fully saturated rings. The van der Waals surface area contributed by atoms with E-state index in [-0.39, 0.29) is 19.3 Å². The second-order valence-corrected chi connectivity index (χ2v) is 5.52. The van der Waals surface area contributed by atoms with Crippen LogP contribution in [0, 0.1) is 5.92 Å². The lowest BCUT2D eigenvalue weighted by Gasteiger charge is -1.90. The Morgan fingerprint density at radius 2 is 0.913 bits per heavy atom. The zero-order chi connectivity index (χ0) is 19.3. The maximum absolute atomic E-state index is 9.55. The van der Waals surface area contributed by atoms with E-state index in [0.717, 1.165) is 0 Å². The summed E-state index contributed by atoms with van der Waals surface area (Å²) in [4.78, 5) is 28.7. The molecule has 0 aliphatic heterocycles. The van der Waals surface area contributed by atoms with Crippen molar-refractivity contribution in [2.45, 2.75) is 33.1 Å². The van der Waals surface area contributed by atoms with Gasteiger partial charge in [-0.25, -0.2) is 0 Å². The van der Waals surface area contributed by atoms with Crippen LogP contribution < -0.4 is 0 Å². The van der Waals surface area contributed by atoms with Gasteiger partial charge in [0.05, 0.1) is 19.3 Å². The van der Waals surface area contributed by atoms with E-state index in [9.17, 15) is 14.4 Å². The average molecular weight is 393 g/mol. The summed E-state index contributed by atoms with van der Waals surface area (Å²) >= 11 is 11.0. The summed E-state index contributed by atoms with van der Waals surface area (Å²) in [6.45, 7) is 4.25. The molecular formula is C13H28O7S3. The minimum absolute atomic E-state index is 0.156. The smallest absolute Gasteiger partial charge is 0.304 e. The van der Waals surface area contributed by atoms with Gasteiger partial charge in [-0.05, 0) is 5.92 Å². The molecule has 0 atom stereocenters. The van der Waals surface area contributed by atoms with Gasteiger partial charge in [0.1, 0.15) is 0 Å². The van der Waals surface area contributed by atoms with E-state index in [4.69, 9.17) is 20.4 Å². The van der Waals surface area contributed by atoms with Gasteiger partial charge in [-0.3, -0.25) is 14.4 Å². The molecule has 23 heavy (non-hydrogen) atoms. The topological polar surface area (TPSA) is 132 Å². The fourth-order valence-electron chi connectivity index (χ4n) is 0.287. The van der Waals surface area contributed by atoms with Gasteiger partial charge in [0.25, 0.3) is 0 Å². The number of aliphatic hydroxyl groups is 1. The molecule has 0 saturated heterocycles. The second kappa shape index (κ2) is 26.3. The Labute approximate surface area is 153 Å². The first-order chi connectivity index (χ1) is 10.6. The summed E-state index contributed by atoms with van der Waals surface area (Å²) in [6.07, 6.45) is 0.468. The van der Waals surface area contributed by atoms with E-state index in [2.05, 4.69) is 37.9 Å². The highest BCUT2D eigenvalue weighted by Crippen LogP contribution is 1.83. The van der Waals surface area contributed by atoms with Gasteiger partial charge in [-0.1, -0.05) is 13.8 Å². The molecule has 10 heteroatoms. The van der Waals surface area contributed by atoms with Crippen LogP contribution in [-0.2, 0) is 14.4 Å². The van der Waals surface area contributed by atoms with Crippen molar-refractivity contribution in [2.75, 3.05) is 23.9 Å². The first-order valence-electron chi connectivity index (χ1n) is 6.67. The highest BCUT2D eigenvalue weighted by molar-refractivity contribution is 7.80. The van der Waals surface area contributed by atoms with Crippen LogP contribution in [0.3, 0.4) is 0 Å². The fraction of sp³-hybridized carbons (Fsp3) is 0.769. The molecule has 0 bridgehead atoms. The number of rotatable bonds is 7. The standard InChI is InChI=1S/C4H10O.3C3H6O2S/c1-4(2)3-5;3*4-3(5)1-2-6/h4-5H,3H2,1-2H3;3*6H,1-2H2,(H,4,5). The Bertz CT molecular complexity index is 249. The van der Waals surface area contributed by atoms with Gasteiger partial charge >= 0.3 is 17.9 Å². The minimum Gasteiger partial charge on any atom is -0.481 e. The molecule has 140 valence electrons. The zero-order valence-electron chi connectivity index (χ0n) is 13.4. The first-order valence-corrected chi connectivity index (χ1v) is 8.57. The third-order valence-corrected chi connectivity index (χ3v) is 2.01. The maximum Gasteiger partial charge on any atom is 0.304 e. The van der Waals surface area contributed by atoms with Gasteiger partial charge in [-0.2, -0.15) is 37.9 Å². The van der Waals surface area contributed by atoms with Crippen molar-refractivity contribution >= 4 is 55.8 Å². The summed E-state index contributed by atoms with van der Waals surface area (Å²) in [5.74, 6) is -0.644. The minimum atomic E-state index is -0.787. The van der Waals surface area contributed by atoms with Gasteiger partial charge < -0.3 is 20.4 Å². The van der Waals surface area contributed by atoms with Crippen LogP contribution in [0.15, 0.2) is 0 Å². The lowest BCUT2D eigenvalue weighted by atomic mass is 10.2. The van der Waals surface area contributed by atoms with Crippen molar-refractivity contribution in [3.8, 4) is 0 Å². The number of carboxylic acids is 3. The van der Waals surface area contributed by atoms with Crippen molar-refractivity contribution in [3.05, 3.63) is 0 Å². The highest BCUT2D eigenvalue weighted by Gasteiger charge is 1.89. The van der Waals surface area contributed by atoms with E-state index >= 15 is 0 Å². The predicted octanol–water partition coefficient (Wildman–Crippen LogP) is 1.81. The largest absolute Gasteiger partial charge is 0.481 e. The molecule has 7 nitrogen and oxygen atoms in total. The number of carboxylic acid groups (broad SMARTS) is 3. The molecule has 0 radical (unpaired) electrons. The highest BCUT2D eigenvalue weighted by atomic mass is 32.1. The molecule has 0 aromatic rings. The fourth-order valence-corrected chi connectivity index (χ4v) is 0.861. The third kappa shape index (κ3) is 74.4. The van der Waals surface area contributed by atoms with Crippen LogP contribution in [0.2, 0.25) is 0 Å².